The highest BCUT2D eigenvalue weighted by atomic mass is 16.4. The van der Waals surface area contributed by atoms with Gasteiger partial charge < -0.3 is 5.11 Å². The minimum Gasteiger partial charge on any atom is -0.479 e. The molecule has 9 heteroatoms. The number of allylic oxidation sites excluding steroid dienone is 1. The molecule has 2 atom stereocenters. The van der Waals surface area contributed by atoms with Crippen LogP contribution in [0.25, 0.3) is 22.5 Å². The van der Waals surface area contributed by atoms with Crippen LogP contribution in [0.5, 0.6) is 0 Å². The van der Waals surface area contributed by atoms with Gasteiger partial charge >= 0.3 is 5.97 Å². The van der Waals surface area contributed by atoms with Gasteiger partial charge in [0, 0.05) is 23.2 Å². The third kappa shape index (κ3) is 3.64. The van der Waals surface area contributed by atoms with Crippen LogP contribution >= 0.6 is 0 Å². The van der Waals surface area contributed by atoms with Crippen LogP contribution < -0.4 is 5.56 Å². The Morgan fingerprint density at radius 2 is 1.95 bits per heavy atom. The van der Waals surface area contributed by atoms with Crippen molar-refractivity contribution in [2.45, 2.75) is 57.0 Å². The summed E-state index contributed by atoms with van der Waals surface area (Å²) < 4.78 is 3.51. The molecule has 3 aliphatic rings. The first kappa shape index (κ1) is 23.1. The number of H-pyrrole nitrogens is 1. The summed E-state index contributed by atoms with van der Waals surface area (Å²) in [5.74, 6) is -0.303. The van der Waals surface area contributed by atoms with E-state index in [0.29, 0.717) is 37.1 Å². The second-order valence-electron chi connectivity index (χ2n) is 9.85. The molecule has 0 fully saturated rings. The number of nitrogens with one attached hydrogen (secondary N) is 1. The number of aromatic amines is 1. The molecule has 0 radical (unpaired) electrons. The van der Waals surface area contributed by atoms with Crippen LogP contribution in [0.2, 0.25) is 0 Å². The van der Waals surface area contributed by atoms with Gasteiger partial charge in [0.2, 0.25) is 0 Å². The fourth-order valence-corrected chi connectivity index (χ4v) is 5.81. The maximum absolute atomic E-state index is 13.7. The Bertz CT molecular complexity index is 1550. The van der Waals surface area contributed by atoms with Gasteiger partial charge in [-0.05, 0) is 58.9 Å². The Balaban J connectivity index is 1.38. The third-order valence-corrected chi connectivity index (χ3v) is 7.70. The van der Waals surface area contributed by atoms with E-state index in [9.17, 15) is 14.7 Å². The molecule has 2 aromatic carbocycles. The number of hydrogen-bond acceptors (Lipinski definition) is 5. The van der Waals surface area contributed by atoms with E-state index in [4.69, 9.17) is 0 Å². The van der Waals surface area contributed by atoms with E-state index in [2.05, 4.69) is 27.5 Å². The molecule has 4 heterocycles. The van der Waals surface area contributed by atoms with Crippen molar-refractivity contribution in [2.75, 3.05) is 0 Å². The zero-order valence-corrected chi connectivity index (χ0v) is 20.6. The van der Waals surface area contributed by atoms with Crippen LogP contribution in [-0.4, -0.2) is 41.1 Å². The van der Waals surface area contributed by atoms with Crippen LogP contribution in [0, 0.1) is 0 Å². The molecule has 2 aromatic heterocycles. The third-order valence-electron chi connectivity index (χ3n) is 7.70. The van der Waals surface area contributed by atoms with Crippen molar-refractivity contribution >= 4 is 5.97 Å². The standard InChI is InChI=1S/C28H28N6O3/c1-2-3-8-24-23(26(35)33-20-13-15-28(16-14-20,27(36)37)34(24)33)17-18-9-11-19(12-10-18)21-6-4-5-7-22(21)25-29-31-32-30-25/h4-7,9-13,15,20H,2-3,8,14,16-17H2,1H3,(H,36,37)(H,29,30,31,32). The molecular formula is C28H28N6O3. The predicted octanol–water partition coefficient (Wildman–Crippen LogP) is 4.11. The Morgan fingerprint density at radius 3 is 2.59 bits per heavy atom. The molecule has 0 amide bonds. The first-order valence-corrected chi connectivity index (χ1v) is 12.7. The Labute approximate surface area is 213 Å². The van der Waals surface area contributed by atoms with Crippen molar-refractivity contribution in [1.82, 2.24) is 30.0 Å². The molecule has 37 heavy (non-hydrogen) atoms. The molecule has 0 saturated heterocycles. The molecule has 9 nitrogen and oxygen atoms in total. The highest BCUT2D eigenvalue weighted by Crippen LogP contribution is 2.42. The molecule has 2 bridgehead atoms. The number of nitrogens with zero attached hydrogens (tertiary/aromatic N) is 5. The highest BCUT2D eigenvalue weighted by Gasteiger charge is 2.49. The molecule has 2 aliphatic heterocycles. The van der Waals surface area contributed by atoms with Crippen molar-refractivity contribution in [3.05, 3.63) is 87.9 Å². The van der Waals surface area contributed by atoms with E-state index in [1.165, 1.54) is 0 Å². The lowest BCUT2D eigenvalue weighted by Crippen LogP contribution is -2.52. The van der Waals surface area contributed by atoms with Crippen LogP contribution in [0.3, 0.4) is 0 Å². The van der Waals surface area contributed by atoms with Crippen molar-refractivity contribution < 1.29 is 9.90 Å². The minimum absolute atomic E-state index is 0.0713. The SMILES string of the molecule is CCCCc1c(Cc2ccc(-c3ccccc3-c3nnn[nH]3)cc2)c(=O)n2n1C1(C(=O)O)C=CC2CC1. The number of aliphatic carboxylic acids is 1. The van der Waals surface area contributed by atoms with Gasteiger partial charge in [0.25, 0.3) is 5.56 Å². The fraction of sp³-hybridized carbons (Fsp3) is 0.321. The number of carboxylic acids is 1. The molecule has 2 N–H and O–H groups in total. The van der Waals surface area contributed by atoms with E-state index in [0.717, 1.165) is 40.8 Å². The summed E-state index contributed by atoms with van der Waals surface area (Å²) in [6.07, 6.45) is 7.85. The minimum atomic E-state index is -1.18. The Kier molecular flexibility index (Phi) is 5.62. The summed E-state index contributed by atoms with van der Waals surface area (Å²) >= 11 is 0. The van der Waals surface area contributed by atoms with Gasteiger partial charge in [0.05, 0.1) is 6.04 Å². The molecule has 2 unspecified atom stereocenters. The maximum atomic E-state index is 13.7. The van der Waals surface area contributed by atoms with Crippen molar-refractivity contribution in [2.24, 2.45) is 0 Å². The van der Waals surface area contributed by atoms with E-state index >= 15 is 0 Å². The lowest BCUT2D eigenvalue weighted by molar-refractivity contribution is -0.148. The molecule has 1 aliphatic carbocycles. The predicted molar refractivity (Wildman–Crippen MR) is 138 cm³/mol. The summed E-state index contributed by atoms with van der Waals surface area (Å²) in [7, 11) is 0. The van der Waals surface area contributed by atoms with Gasteiger partial charge in [0.1, 0.15) is 0 Å². The van der Waals surface area contributed by atoms with Gasteiger partial charge in [-0.1, -0.05) is 68.0 Å². The number of carbonyl (C=O) groups is 1. The molecular weight excluding hydrogens is 468 g/mol. The second kappa shape index (κ2) is 8.99. The van der Waals surface area contributed by atoms with E-state index in [1.807, 2.05) is 59.3 Å². The van der Waals surface area contributed by atoms with E-state index in [1.54, 1.807) is 10.8 Å². The lowest BCUT2D eigenvalue weighted by atomic mass is 9.83. The van der Waals surface area contributed by atoms with Crippen molar-refractivity contribution in [3.8, 4) is 22.5 Å². The molecule has 4 aromatic rings. The molecule has 188 valence electrons. The Morgan fingerprint density at radius 1 is 1.16 bits per heavy atom. The zero-order chi connectivity index (χ0) is 25.6. The van der Waals surface area contributed by atoms with Crippen LogP contribution in [-0.2, 0) is 23.2 Å². The fourth-order valence-electron chi connectivity index (χ4n) is 5.81. The summed E-state index contributed by atoms with van der Waals surface area (Å²) in [5.41, 5.74) is 4.24. The number of carboxylic acid groups (broad SMARTS) is 1. The van der Waals surface area contributed by atoms with Crippen LogP contribution in [0.15, 0.2) is 65.5 Å². The smallest absolute Gasteiger partial charge is 0.335 e. The van der Waals surface area contributed by atoms with Crippen LogP contribution in [0.4, 0.5) is 0 Å². The average Bonchev–Trinajstić information content (AvgIpc) is 3.57. The van der Waals surface area contributed by atoms with Gasteiger partial charge in [-0.2, -0.15) is 0 Å². The van der Waals surface area contributed by atoms with E-state index < -0.39 is 11.5 Å². The number of fused-ring (bicyclic) bond motifs is 1. The first-order valence-electron chi connectivity index (χ1n) is 12.7. The molecule has 0 saturated carbocycles. The first-order chi connectivity index (χ1) is 18.0. The second-order valence-corrected chi connectivity index (χ2v) is 9.85. The summed E-state index contributed by atoms with van der Waals surface area (Å²) in [6, 6.07) is 16.0. The number of unbranched alkanes of at least 4 members (excludes halogenated alkanes) is 1. The van der Waals surface area contributed by atoms with Crippen molar-refractivity contribution in [1.29, 1.82) is 0 Å². The van der Waals surface area contributed by atoms with Gasteiger partial charge in [0.15, 0.2) is 11.4 Å². The molecule has 7 rings (SSSR count). The summed E-state index contributed by atoms with van der Waals surface area (Å²) in [4.78, 5) is 26.2. The van der Waals surface area contributed by atoms with Gasteiger partial charge in [-0.3, -0.25) is 9.48 Å². The monoisotopic (exact) mass is 496 g/mol. The van der Waals surface area contributed by atoms with Crippen LogP contribution in [0.1, 0.15) is 55.5 Å². The Hall–Kier alpha value is -4.27. The largest absolute Gasteiger partial charge is 0.479 e. The number of aromatic nitrogens is 6. The van der Waals surface area contributed by atoms with Gasteiger partial charge in [-0.25, -0.2) is 14.6 Å². The maximum Gasteiger partial charge on any atom is 0.335 e. The van der Waals surface area contributed by atoms with Gasteiger partial charge in [-0.15, -0.1) is 5.10 Å². The molecule has 0 spiro atoms. The number of benzene rings is 2. The normalized spacial score (nSPS) is 19.8. The average molecular weight is 497 g/mol. The van der Waals surface area contributed by atoms with Crippen molar-refractivity contribution in [3.63, 3.8) is 0 Å². The zero-order valence-electron chi connectivity index (χ0n) is 20.6. The highest BCUT2D eigenvalue weighted by molar-refractivity contribution is 5.81. The topological polar surface area (TPSA) is 119 Å². The summed E-state index contributed by atoms with van der Waals surface area (Å²) in [6.45, 7) is 2.11. The number of hydrogen-bond donors (Lipinski definition) is 2. The lowest BCUT2D eigenvalue weighted by Gasteiger charge is -2.42. The summed E-state index contributed by atoms with van der Waals surface area (Å²) in [5, 5.41) is 24.5. The number of tetrazole rings is 1. The number of rotatable bonds is 8. The quantitative estimate of drug-likeness (QED) is 0.354. The van der Waals surface area contributed by atoms with E-state index in [-0.39, 0.29) is 11.6 Å².